The Morgan fingerprint density at radius 1 is 0.694 bits per heavy atom. The minimum atomic E-state index is 0.184. The van der Waals surface area contributed by atoms with Crippen molar-refractivity contribution in [2.75, 3.05) is 0 Å². The number of aromatic amines is 1. The smallest absolute Gasteiger partial charge is 0.162 e. The maximum absolute atomic E-state index is 10.5. The number of aromatic hydroxyl groups is 1. The zero-order valence-electron chi connectivity index (χ0n) is 19.3. The van der Waals surface area contributed by atoms with Crippen LogP contribution in [0.4, 0.5) is 5.82 Å². The number of nitrogens with zero attached hydrogens (tertiary/aromatic N) is 3. The number of benzene rings is 3. The van der Waals surface area contributed by atoms with E-state index in [-0.39, 0.29) is 5.75 Å². The maximum Gasteiger partial charge on any atom is 0.162 e. The van der Waals surface area contributed by atoms with E-state index in [2.05, 4.69) is 28.2 Å². The number of hydrogen-bond donors (Lipinski definition) is 2. The summed E-state index contributed by atoms with van der Waals surface area (Å²) < 4.78 is 0. The number of phenolic OH excluding ortho intramolecular Hbond substituents is 1. The van der Waals surface area contributed by atoms with Gasteiger partial charge in [0.2, 0.25) is 0 Å². The second kappa shape index (κ2) is 9.31. The lowest BCUT2D eigenvalue weighted by Gasteiger charge is -2.04. The number of rotatable bonds is 5. The Morgan fingerprint density at radius 2 is 1.39 bits per heavy atom. The van der Waals surface area contributed by atoms with Crippen LogP contribution in [0, 0.1) is 0 Å². The maximum atomic E-state index is 10.5. The van der Waals surface area contributed by atoms with Crippen LogP contribution in [0.25, 0.3) is 28.1 Å². The van der Waals surface area contributed by atoms with Gasteiger partial charge in [-0.1, -0.05) is 78.9 Å². The quantitative estimate of drug-likeness (QED) is 0.291. The lowest BCUT2D eigenvalue weighted by Crippen LogP contribution is -1.96. The molecule has 0 fully saturated rings. The van der Waals surface area contributed by atoms with Crippen molar-refractivity contribution in [3.8, 4) is 28.3 Å². The first-order valence-electron chi connectivity index (χ1n) is 11.7. The molecule has 0 aliphatic carbocycles. The first-order valence-corrected chi connectivity index (χ1v) is 11.7. The summed E-state index contributed by atoms with van der Waals surface area (Å²) in [6.45, 7) is 0. The van der Waals surface area contributed by atoms with Crippen molar-refractivity contribution in [1.82, 2.24) is 9.97 Å². The summed E-state index contributed by atoms with van der Waals surface area (Å²) in [5.74, 6) is 1.45. The molecule has 6 rings (SSSR count). The van der Waals surface area contributed by atoms with Crippen LogP contribution in [0.15, 0.2) is 131 Å². The average molecular weight is 467 g/mol. The van der Waals surface area contributed by atoms with Crippen LogP contribution >= 0.6 is 0 Å². The van der Waals surface area contributed by atoms with Crippen LogP contribution in [0.2, 0.25) is 0 Å². The van der Waals surface area contributed by atoms with E-state index in [4.69, 9.17) is 9.98 Å². The van der Waals surface area contributed by atoms with Crippen LogP contribution in [-0.4, -0.2) is 26.6 Å². The number of allylic oxidation sites excluding steroid dienone is 1. The van der Waals surface area contributed by atoms with Crippen LogP contribution in [-0.2, 0) is 0 Å². The average Bonchev–Trinajstić information content (AvgIpc) is 3.55. The topological polar surface area (TPSA) is 73.6 Å². The van der Waals surface area contributed by atoms with Crippen LogP contribution in [0.5, 0.6) is 5.75 Å². The van der Waals surface area contributed by atoms with Crippen molar-refractivity contribution in [3.05, 3.63) is 133 Å². The van der Waals surface area contributed by atoms with E-state index < -0.39 is 0 Å². The lowest BCUT2D eigenvalue weighted by molar-refractivity contribution is 0.474. The molecule has 3 aromatic carbocycles. The molecule has 0 saturated heterocycles. The van der Waals surface area contributed by atoms with E-state index >= 15 is 0 Å². The minimum Gasteiger partial charge on any atom is -0.507 e. The molecule has 5 nitrogen and oxygen atoms in total. The van der Waals surface area contributed by atoms with Crippen molar-refractivity contribution in [2.24, 2.45) is 9.98 Å². The first-order chi connectivity index (χ1) is 17.8. The lowest BCUT2D eigenvalue weighted by atomic mass is 10.0. The summed E-state index contributed by atoms with van der Waals surface area (Å²) in [5, 5.41) is 10.5. The molecule has 2 N–H and O–H groups in total. The third kappa shape index (κ3) is 4.14. The van der Waals surface area contributed by atoms with E-state index in [9.17, 15) is 5.11 Å². The monoisotopic (exact) mass is 466 g/mol. The number of pyridine rings is 1. The second-order valence-electron chi connectivity index (χ2n) is 8.40. The van der Waals surface area contributed by atoms with Crippen molar-refractivity contribution < 1.29 is 5.11 Å². The van der Waals surface area contributed by atoms with Gasteiger partial charge in [0.05, 0.1) is 17.1 Å². The number of amidine groups is 1. The Hall–Kier alpha value is -5.03. The highest BCUT2D eigenvalue weighted by Crippen LogP contribution is 2.36. The summed E-state index contributed by atoms with van der Waals surface area (Å²) in [7, 11) is 0. The standard InChI is InChI=1S/C31H22N4O/c36-29-17-8-7-15-23(29)27-19-24(21-11-3-1-4-12-21)30(33-27)35-31-25(22-13-5-2-6-14-22)20-28(34-31)26-16-9-10-18-32-26/h1-20,34,36H/b35-30-. The van der Waals surface area contributed by atoms with Gasteiger partial charge >= 0.3 is 0 Å². The molecule has 5 aromatic rings. The Kier molecular flexibility index (Phi) is 5.56. The van der Waals surface area contributed by atoms with Gasteiger partial charge in [0.25, 0.3) is 0 Å². The number of H-pyrrole nitrogens is 1. The Bertz CT molecular complexity index is 1620. The first kappa shape index (κ1) is 21.5. The van der Waals surface area contributed by atoms with Gasteiger partial charge in [-0.05, 0) is 47.5 Å². The second-order valence-corrected chi connectivity index (χ2v) is 8.40. The fraction of sp³-hybridized carbons (Fsp3) is 0. The van der Waals surface area contributed by atoms with Gasteiger partial charge in [-0.2, -0.15) is 0 Å². The number of aliphatic imine (C=N–C) groups is 2. The molecule has 0 unspecified atom stereocenters. The molecule has 2 aromatic heterocycles. The Balaban J connectivity index is 1.53. The van der Waals surface area contributed by atoms with E-state index in [1.54, 1.807) is 18.3 Å². The molecule has 5 heteroatoms. The fourth-order valence-electron chi connectivity index (χ4n) is 4.29. The number of phenols is 1. The van der Waals surface area contributed by atoms with E-state index in [1.165, 1.54) is 0 Å². The van der Waals surface area contributed by atoms with Crippen molar-refractivity contribution in [1.29, 1.82) is 0 Å². The van der Waals surface area contributed by atoms with Gasteiger partial charge in [-0.3, -0.25) is 4.98 Å². The molecule has 0 radical (unpaired) electrons. The fourth-order valence-corrected chi connectivity index (χ4v) is 4.29. The zero-order chi connectivity index (χ0) is 24.3. The van der Waals surface area contributed by atoms with Crippen LogP contribution in [0.3, 0.4) is 0 Å². The molecule has 1 aliphatic rings. The zero-order valence-corrected chi connectivity index (χ0v) is 19.3. The summed E-state index contributed by atoms with van der Waals surface area (Å²) in [5.41, 5.74) is 6.95. The van der Waals surface area contributed by atoms with E-state index in [1.807, 2.05) is 84.9 Å². The highest BCUT2D eigenvalue weighted by atomic mass is 16.3. The largest absolute Gasteiger partial charge is 0.507 e. The van der Waals surface area contributed by atoms with Crippen LogP contribution < -0.4 is 0 Å². The number of nitrogens with one attached hydrogen (secondary N) is 1. The molecule has 36 heavy (non-hydrogen) atoms. The third-order valence-corrected chi connectivity index (χ3v) is 6.05. The predicted octanol–water partition coefficient (Wildman–Crippen LogP) is 7.07. The van der Waals surface area contributed by atoms with E-state index in [0.29, 0.717) is 22.9 Å². The van der Waals surface area contributed by atoms with Gasteiger partial charge in [-0.25, -0.2) is 9.98 Å². The normalized spacial score (nSPS) is 14.1. The van der Waals surface area contributed by atoms with Gasteiger partial charge < -0.3 is 10.1 Å². The number of aromatic nitrogens is 2. The minimum absolute atomic E-state index is 0.184. The summed E-state index contributed by atoms with van der Waals surface area (Å²) in [6.07, 6.45) is 3.76. The van der Waals surface area contributed by atoms with Crippen molar-refractivity contribution in [2.45, 2.75) is 0 Å². The van der Waals surface area contributed by atoms with E-state index in [0.717, 1.165) is 33.7 Å². The molecular formula is C31H22N4O. The summed E-state index contributed by atoms with van der Waals surface area (Å²) in [6, 6.07) is 35.3. The molecule has 0 saturated carbocycles. The molecule has 0 bridgehead atoms. The molecule has 1 aliphatic heterocycles. The molecule has 3 heterocycles. The number of hydrogen-bond acceptors (Lipinski definition) is 3. The summed E-state index contributed by atoms with van der Waals surface area (Å²) in [4.78, 5) is 17.9. The van der Waals surface area contributed by atoms with Crippen molar-refractivity contribution in [3.63, 3.8) is 0 Å². The SMILES string of the molecule is Oc1ccccc1C1=N/C(=N\c2[nH]c(-c3ccccn3)cc2-c2ccccc2)C(c2ccccc2)=C1. The van der Waals surface area contributed by atoms with Gasteiger partial charge in [-0.15, -0.1) is 0 Å². The molecule has 172 valence electrons. The van der Waals surface area contributed by atoms with Gasteiger partial charge in [0, 0.05) is 22.9 Å². The third-order valence-electron chi connectivity index (χ3n) is 6.05. The Labute approximate surface area is 208 Å². The van der Waals surface area contributed by atoms with Gasteiger partial charge in [0.15, 0.2) is 5.84 Å². The molecule has 0 amide bonds. The highest BCUT2D eigenvalue weighted by molar-refractivity contribution is 6.38. The highest BCUT2D eigenvalue weighted by Gasteiger charge is 2.22. The van der Waals surface area contributed by atoms with Gasteiger partial charge in [0.1, 0.15) is 11.6 Å². The summed E-state index contributed by atoms with van der Waals surface area (Å²) >= 11 is 0. The predicted molar refractivity (Wildman–Crippen MR) is 146 cm³/mol. The van der Waals surface area contributed by atoms with Crippen LogP contribution in [0.1, 0.15) is 11.1 Å². The Morgan fingerprint density at radius 3 is 2.11 bits per heavy atom. The van der Waals surface area contributed by atoms with Crippen molar-refractivity contribution >= 4 is 22.9 Å². The molecule has 0 atom stereocenters. The molecule has 0 spiro atoms. The molecular weight excluding hydrogens is 444 g/mol. The number of para-hydroxylation sites is 1.